The number of halogens is 2. The number of hydrogen-bond acceptors (Lipinski definition) is 2. The number of hydrogen-bond donors (Lipinski definition) is 2. The molecule has 0 unspecified atom stereocenters. The van der Waals surface area contributed by atoms with Gasteiger partial charge in [-0.25, -0.2) is 0 Å². The standard InChI is InChI=1S/C12H14BrClN2O/c13-10-3-1-2-9(11(10)14)12(17)16-7-6-15-8-4-5-8/h1-3,8,15H,4-7H2,(H,16,17). The van der Waals surface area contributed by atoms with Gasteiger partial charge in [0.05, 0.1) is 10.6 Å². The number of carbonyl (C=O) groups is 1. The predicted octanol–water partition coefficient (Wildman–Crippen LogP) is 2.58. The molecule has 0 heterocycles. The predicted molar refractivity (Wildman–Crippen MR) is 72.5 cm³/mol. The van der Waals surface area contributed by atoms with Gasteiger partial charge in [-0.3, -0.25) is 4.79 Å². The largest absolute Gasteiger partial charge is 0.351 e. The van der Waals surface area contributed by atoms with E-state index >= 15 is 0 Å². The smallest absolute Gasteiger partial charge is 0.252 e. The van der Waals surface area contributed by atoms with Crippen molar-refractivity contribution in [2.75, 3.05) is 13.1 Å². The van der Waals surface area contributed by atoms with Gasteiger partial charge in [0.1, 0.15) is 0 Å². The van der Waals surface area contributed by atoms with Crippen molar-refractivity contribution in [2.24, 2.45) is 0 Å². The molecule has 2 N–H and O–H groups in total. The summed E-state index contributed by atoms with van der Waals surface area (Å²) in [5, 5.41) is 6.63. The van der Waals surface area contributed by atoms with Crippen molar-refractivity contribution >= 4 is 33.4 Å². The second-order valence-corrected chi connectivity index (χ2v) is 5.32. The lowest BCUT2D eigenvalue weighted by atomic mass is 10.2. The molecule has 0 radical (unpaired) electrons. The van der Waals surface area contributed by atoms with E-state index in [9.17, 15) is 4.79 Å². The summed E-state index contributed by atoms with van der Waals surface area (Å²) in [5.74, 6) is -0.131. The molecule has 1 aromatic carbocycles. The maximum Gasteiger partial charge on any atom is 0.252 e. The van der Waals surface area contributed by atoms with Crippen molar-refractivity contribution in [1.29, 1.82) is 0 Å². The maximum absolute atomic E-state index is 11.8. The molecule has 1 aliphatic rings. The van der Waals surface area contributed by atoms with Crippen molar-refractivity contribution in [3.8, 4) is 0 Å². The molecule has 1 saturated carbocycles. The van der Waals surface area contributed by atoms with E-state index in [-0.39, 0.29) is 5.91 Å². The third-order valence-electron chi connectivity index (χ3n) is 2.62. The monoisotopic (exact) mass is 316 g/mol. The van der Waals surface area contributed by atoms with Crippen LogP contribution in [0.5, 0.6) is 0 Å². The quantitative estimate of drug-likeness (QED) is 0.820. The van der Waals surface area contributed by atoms with E-state index in [1.807, 2.05) is 6.07 Å². The van der Waals surface area contributed by atoms with E-state index < -0.39 is 0 Å². The summed E-state index contributed by atoms with van der Waals surface area (Å²) in [6.07, 6.45) is 2.51. The molecule has 2 rings (SSSR count). The van der Waals surface area contributed by atoms with Crippen molar-refractivity contribution in [1.82, 2.24) is 10.6 Å². The summed E-state index contributed by atoms with van der Waals surface area (Å²) in [7, 11) is 0. The van der Waals surface area contributed by atoms with Gasteiger partial charge in [0.15, 0.2) is 0 Å². The zero-order valence-corrected chi connectivity index (χ0v) is 11.6. The van der Waals surface area contributed by atoms with Crippen molar-refractivity contribution in [3.63, 3.8) is 0 Å². The number of carbonyl (C=O) groups excluding carboxylic acids is 1. The maximum atomic E-state index is 11.8. The highest BCUT2D eigenvalue weighted by Gasteiger charge is 2.19. The zero-order chi connectivity index (χ0) is 12.3. The molecular formula is C12H14BrClN2O. The first-order chi connectivity index (χ1) is 8.18. The molecule has 1 aliphatic carbocycles. The Bertz CT molecular complexity index is 421. The molecule has 0 atom stereocenters. The van der Waals surface area contributed by atoms with Crippen LogP contribution in [0.1, 0.15) is 23.2 Å². The highest BCUT2D eigenvalue weighted by Crippen LogP contribution is 2.25. The average Bonchev–Trinajstić information content (AvgIpc) is 3.12. The second-order valence-electron chi connectivity index (χ2n) is 4.09. The Balaban J connectivity index is 1.83. The molecule has 0 aromatic heterocycles. The molecule has 5 heteroatoms. The van der Waals surface area contributed by atoms with E-state index in [0.717, 1.165) is 11.0 Å². The summed E-state index contributed by atoms with van der Waals surface area (Å²) in [4.78, 5) is 11.8. The first kappa shape index (κ1) is 12.9. The van der Waals surface area contributed by atoms with Gasteiger partial charge < -0.3 is 10.6 Å². The SMILES string of the molecule is O=C(NCCNC1CC1)c1cccc(Br)c1Cl. The minimum atomic E-state index is -0.131. The van der Waals surface area contributed by atoms with Gasteiger partial charge >= 0.3 is 0 Å². The second kappa shape index (κ2) is 5.85. The lowest BCUT2D eigenvalue weighted by Gasteiger charge is -2.08. The van der Waals surface area contributed by atoms with Crippen LogP contribution in [0.15, 0.2) is 22.7 Å². The van der Waals surface area contributed by atoms with Gasteiger partial charge in [-0.15, -0.1) is 0 Å². The van der Waals surface area contributed by atoms with Crippen LogP contribution in [-0.4, -0.2) is 25.0 Å². The van der Waals surface area contributed by atoms with Gasteiger partial charge in [-0.1, -0.05) is 17.7 Å². The van der Waals surface area contributed by atoms with Crippen LogP contribution in [0.4, 0.5) is 0 Å². The normalized spacial score (nSPS) is 14.7. The Hall–Kier alpha value is -0.580. The topological polar surface area (TPSA) is 41.1 Å². The lowest BCUT2D eigenvalue weighted by molar-refractivity contribution is 0.0954. The van der Waals surface area contributed by atoms with Crippen LogP contribution in [0.25, 0.3) is 0 Å². The average molecular weight is 318 g/mol. The fraction of sp³-hybridized carbons (Fsp3) is 0.417. The van der Waals surface area contributed by atoms with Crippen LogP contribution in [0, 0.1) is 0 Å². The van der Waals surface area contributed by atoms with Crippen LogP contribution in [-0.2, 0) is 0 Å². The summed E-state index contributed by atoms with van der Waals surface area (Å²) in [5.41, 5.74) is 0.507. The lowest BCUT2D eigenvalue weighted by Crippen LogP contribution is -2.32. The van der Waals surface area contributed by atoms with E-state index in [2.05, 4.69) is 26.6 Å². The van der Waals surface area contributed by atoms with Gasteiger partial charge in [-0.2, -0.15) is 0 Å². The minimum absolute atomic E-state index is 0.131. The number of amides is 1. The zero-order valence-electron chi connectivity index (χ0n) is 9.30. The molecule has 0 saturated heterocycles. The van der Waals surface area contributed by atoms with E-state index in [0.29, 0.717) is 23.2 Å². The first-order valence-corrected chi connectivity index (χ1v) is 6.81. The first-order valence-electron chi connectivity index (χ1n) is 5.64. The number of nitrogens with one attached hydrogen (secondary N) is 2. The van der Waals surface area contributed by atoms with Crippen molar-refractivity contribution in [3.05, 3.63) is 33.3 Å². The highest BCUT2D eigenvalue weighted by atomic mass is 79.9. The third-order valence-corrected chi connectivity index (χ3v) is 3.91. The van der Waals surface area contributed by atoms with Gasteiger partial charge in [0.25, 0.3) is 5.91 Å². The summed E-state index contributed by atoms with van der Waals surface area (Å²) in [6.45, 7) is 1.43. The molecule has 17 heavy (non-hydrogen) atoms. The summed E-state index contributed by atoms with van der Waals surface area (Å²) in [6, 6.07) is 6.00. The van der Waals surface area contributed by atoms with Gasteiger partial charge in [0, 0.05) is 23.6 Å². The fourth-order valence-corrected chi connectivity index (χ4v) is 2.09. The molecule has 0 aliphatic heterocycles. The summed E-state index contributed by atoms with van der Waals surface area (Å²) < 4.78 is 0.739. The van der Waals surface area contributed by atoms with Crippen LogP contribution < -0.4 is 10.6 Å². The van der Waals surface area contributed by atoms with E-state index in [1.165, 1.54) is 12.8 Å². The highest BCUT2D eigenvalue weighted by molar-refractivity contribution is 9.10. The van der Waals surface area contributed by atoms with E-state index in [4.69, 9.17) is 11.6 Å². The van der Waals surface area contributed by atoms with Crippen LogP contribution >= 0.6 is 27.5 Å². The molecular weight excluding hydrogens is 304 g/mol. The molecule has 1 amide bonds. The Morgan fingerprint density at radius 3 is 2.88 bits per heavy atom. The molecule has 0 spiro atoms. The number of benzene rings is 1. The van der Waals surface area contributed by atoms with Gasteiger partial charge in [0.2, 0.25) is 0 Å². The van der Waals surface area contributed by atoms with Gasteiger partial charge in [-0.05, 0) is 40.9 Å². The Labute approximate surface area is 114 Å². The van der Waals surface area contributed by atoms with Crippen LogP contribution in [0.3, 0.4) is 0 Å². The molecule has 92 valence electrons. The molecule has 3 nitrogen and oxygen atoms in total. The Morgan fingerprint density at radius 1 is 1.41 bits per heavy atom. The molecule has 1 fully saturated rings. The van der Waals surface area contributed by atoms with Crippen molar-refractivity contribution < 1.29 is 4.79 Å². The molecule has 1 aromatic rings. The van der Waals surface area contributed by atoms with Crippen molar-refractivity contribution in [2.45, 2.75) is 18.9 Å². The van der Waals surface area contributed by atoms with E-state index in [1.54, 1.807) is 12.1 Å². The van der Waals surface area contributed by atoms with Crippen LogP contribution in [0.2, 0.25) is 5.02 Å². The summed E-state index contributed by atoms with van der Waals surface area (Å²) >= 11 is 9.34. The molecule has 0 bridgehead atoms. The Kier molecular flexibility index (Phi) is 4.42. The fourth-order valence-electron chi connectivity index (χ4n) is 1.51. The Morgan fingerprint density at radius 2 is 2.18 bits per heavy atom. The minimum Gasteiger partial charge on any atom is -0.351 e. The number of rotatable bonds is 5. The third kappa shape index (κ3) is 3.69.